The normalized spacial score (nSPS) is 25.8. The van der Waals surface area contributed by atoms with E-state index in [1.54, 1.807) is 0 Å². The predicted molar refractivity (Wildman–Crippen MR) is 64.4 cm³/mol. The van der Waals surface area contributed by atoms with Crippen LogP contribution in [0.2, 0.25) is 0 Å². The molecule has 4 heteroatoms. The van der Waals surface area contributed by atoms with Gasteiger partial charge in [-0.15, -0.1) is 0 Å². The molecule has 0 amide bonds. The Morgan fingerprint density at radius 2 is 2.06 bits per heavy atom. The molecular weight excluding hydrogens is 202 g/mol. The van der Waals surface area contributed by atoms with Crippen molar-refractivity contribution in [1.29, 1.82) is 0 Å². The van der Waals surface area contributed by atoms with E-state index in [9.17, 15) is 0 Å². The van der Waals surface area contributed by atoms with Gasteiger partial charge in [-0.2, -0.15) is 0 Å². The van der Waals surface area contributed by atoms with Gasteiger partial charge in [0, 0.05) is 25.8 Å². The molecule has 2 atom stereocenters. The third-order valence-corrected chi connectivity index (χ3v) is 2.79. The minimum atomic E-state index is 0.264. The third kappa shape index (κ3) is 2.51. The van der Waals surface area contributed by atoms with Gasteiger partial charge in [-0.25, -0.2) is 4.98 Å². The summed E-state index contributed by atoms with van der Waals surface area (Å²) in [5.41, 5.74) is 6.62. The number of anilines is 1. The van der Waals surface area contributed by atoms with E-state index in [-0.39, 0.29) is 12.2 Å². The summed E-state index contributed by atoms with van der Waals surface area (Å²) in [4.78, 5) is 6.70. The molecule has 88 valence electrons. The minimum Gasteiger partial charge on any atom is -0.372 e. The van der Waals surface area contributed by atoms with Crippen molar-refractivity contribution in [3.05, 3.63) is 23.9 Å². The first-order valence-electron chi connectivity index (χ1n) is 5.74. The molecule has 1 aromatic rings. The fraction of sp³-hybridized carbons (Fsp3) is 0.583. The van der Waals surface area contributed by atoms with Gasteiger partial charge < -0.3 is 15.4 Å². The fourth-order valence-corrected chi connectivity index (χ4v) is 2.09. The number of morpholine rings is 1. The van der Waals surface area contributed by atoms with Crippen LogP contribution >= 0.6 is 0 Å². The van der Waals surface area contributed by atoms with E-state index in [1.807, 2.05) is 18.3 Å². The van der Waals surface area contributed by atoms with Crippen molar-refractivity contribution < 1.29 is 4.74 Å². The van der Waals surface area contributed by atoms with E-state index < -0.39 is 0 Å². The number of nitrogens with two attached hydrogens (primary N) is 1. The van der Waals surface area contributed by atoms with Gasteiger partial charge in [0.15, 0.2) is 0 Å². The summed E-state index contributed by atoms with van der Waals surface area (Å²) < 4.78 is 5.69. The highest BCUT2D eigenvalue weighted by Gasteiger charge is 2.22. The topological polar surface area (TPSA) is 51.4 Å². The second kappa shape index (κ2) is 4.80. The number of rotatable bonds is 2. The number of hydrogen-bond acceptors (Lipinski definition) is 4. The van der Waals surface area contributed by atoms with E-state index in [2.05, 4.69) is 23.7 Å². The Morgan fingerprint density at radius 3 is 2.56 bits per heavy atom. The maximum Gasteiger partial charge on any atom is 0.128 e. The average molecular weight is 221 g/mol. The van der Waals surface area contributed by atoms with Crippen LogP contribution in [-0.2, 0) is 11.3 Å². The van der Waals surface area contributed by atoms with E-state index >= 15 is 0 Å². The molecule has 0 aliphatic carbocycles. The van der Waals surface area contributed by atoms with Gasteiger partial charge in [0.25, 0.3) is 0 Å². The summed E-state index contributed by atoms with van der Waals surface area (Å²) in [6, 6.07) is 4.07. The number of pyridine rings is 1. The Bertz CT molecular complexity index is 329. The van der Waals surface area contributed by atoms with Gasteiger partial charge in [0.2, 0.25) is 0 Å². The molecule has 0 radical (unpaired) electrons. The zero-order valence-corrected chi connectivity index (χ0v) is 9.89. The molecule has 2 rings (SSSR count). The summed E-state index contributed by atoms with van der Waals surface area (Å²) in [6.07, 6.45) is 2.37. The Hall–Kier alpha value is -1.13. The zero-order chi connectivity index (χ0) is 11.5. The number of hydrogen-bond donors (Lipinski definition) is 1. The smallest absolute Gasteiger partial charge is 0.128 e. The molecule has 16 heavy (non-hydrogen) atoms. The van der Waals surface area contributed by atoms with E-state index in [1.165, 1.54) is 0 Å². The Balaban J connectivity index is 2.10. The Kier molecular flexibility index (Phi) is 3.41. The maximum absolute atomic E-state index is 5.69. The Labute approximate surface area is 96.4 Å². The summed E-state index contributed by atoms with van der Waals surface area (Å²) in [6.45, 7) is 6.54. The van der Waals surface area contributed by atoms with Crippen LogP contribution in [0.25, 0.3) is 0 Å². The van der Waals surface area contributed by atoms with Crippen LogP contribution in [0, 0.1) is 0 Å². The van der Waals surface area contributed by atoms with Gasteiger partial charge in [-0.05, 0) is 25.5 Å². The molecule has 1 fully saturated rings. The van der Waals surface area contributed by atoms with Crippen LogP contribution in [0.3, 0.4) is 0 Å². The first kappa shape index (κ1) is 11.4. The van der Waals surface area contributed by atoms with Crippen molar-refractivity contribution >= 4 is 5.82 Å². The highest BCUT2D eigenvalue weighted by molar-refractivity contribution is 5.40. The van der Waals surface area contributed by atoms with Gasteiger partial charge in [0.05, 0.1) is 12.2 Å². The van der Waals surface area contributed by atoms with Crippen LogP contribution in [0.1, 0.15) is 19.4 Å². The lowest BCUT2D eigenvalue weighted by molar-refractivity contribution is -0.00545. The quantitative estimate of drug-likeness (QED) is 0.814. The van der Waals surface area contributed by atoms with Crippen LogP contribution in [0.4, 0.5) is 5.82 Å². The molecule has 1 aliphatic heterocycles. The van der Waals surface area contributed by atoms with Crippen LogP contribution < -0.4 is 10.6 Å². The fourth-order valence-electron chi connectivity index (χ4n) is 2.09. The molecule has 0 aromatic carbocycles. The van der Waals surface area contributed by atoms with Crippen LogP contribution in [0.5, 0.6) is 0 Å². The molecule has 1 aliphatic rings. The maximum atomic E-state index is 5.69. The predicted octanol–water partition coefficient (Wildman–Crippen LogP) is 1.15. The number of nitrogens with zero attached hydrogens (tertiary/aromatic N) is 2. The van der Waals surface area contributed by atoms with Gasteiger partial charge >= 0.3 is 0 Å². The van der Waals surface area contributed by atoms with Gasteiger partial charge in [-0.1, -0.05) is 6.07 Å². The van der Waals surface area contributed by atoms with Gasteiger partial charge in [0.1, 0.15) is 5.82 Å². The minimum absolute atomic E-state index is 0.264. The van der Waals surface area contributed by atoms with Crippen molar-refractivity contribution in [1.82, 2.24) is 4.98 Å². The summed E-state index contributed by atoms with van der Waals surface area (Å²) >= 11 is 0. The lowest BCUT2D eigenvalue weighted by atomic mass is 10.2. The molecule has 2 N–H and O–H groups in total. The lowest BCUT2D eigenvalue weighted by Crippen LogP contribution is -2.45. The lowest BCUT2D eigenvalue weighted by Gasteiger charge is -2.36. The first-order chi connectivity index (χ1) is 7.69. The summed E-state index contributed by atoms with van der Waals surface area (Å²) in [7, 11) is 0. The average Bonchev–Trinajstić information content (AvgIpc) is 2.28. The van der Waals surface area contributed by atoms with Crippen molar-refractivity contribution in [3.8, 4) is 0 Å². The highest BCUT2D eigenvalue weighted by atomic mass is 16.5. The zero-order valence-electron chi connectivity index (χ0n) is 9.89. The van der Waals surface area contributed by atoms with Crippen molar-refractivity contribution in [3.63, 3.8) is 0 Å². The van der Waals surface area contributed by atoms with Crippen molar-refractivity contribution in [2.45, 2.75) is 32.6 Å². The largest absolute Gasteiger partial charge is 0.372 e. The second-order valence-electron chi connectivity index (χ2n) is 4.39. The summed E-state index contributed by atoms with van der Waals surface area (Å²) in [5, 5.41) is 0. The third-order valence-electron chi connectivity index (χ3n) is 2.79. The molecule has 0 unspecified atom stereocenters. The molecule has 1 aromatic heterocycles. The molecule has 0 saturated carbocycles. The van der Waals surface area contributed by atoms with Gasteiger partial charge in [-0.3, -0.25) is 0 Å². The second-order valence-corrected chi connectivity index (χ2v) is 4.39. The van der Waals surface area contributed by atoms with Crippen LogP contribution in [0.15, 0.2) is 18.3 Å². The van der Waals surface area contributed by atoms with Crippen LogP contribution in [-0.4, -0.2) is 30.3 Å². The van der Waals surface area contributed by atoms with E-state index in [4.69, 9.17) is 10.5 Å². The standard InChI is InChI=1S/C12H19N3O/c1-9-7-15(8-10(2)16-9)12-4-3-11(5-13)6-14-12/h3-4,6,9-10H,5,7-8,13H2,1-2H3/t9-,10+. The van der Waals surface area contributed by atoms with Crippen molar-refractivity contribution in [2.24, 2.45) is 5.73 Å². The number of aromatic nitrogens is 1. The molecule has 0 bridgehead atoms. The molecule has 2 heterocycles. The SMILES string of the molecule is C[C@@H]1CN(c2ccc(CN)cn2)C[C@H](C)O1. The van der Waals surface area contributed by atoms with E-state index in [0.717, 1.165) is 24.5 Å². The van der Waals surface area contributed by atoms with E-state index in [0.29, 0.717) is 6.54 Å². The molecule has 1 saturated heterocycles. The molecule has 4 nitrogen and oxygen atoms in total. The highest BCUT2D eigenvalue weighted by Crippen LogP contribution is 2.18. The van der Waals surface area contributed by atoms with Crippen molar-refractivity contribution in [2.75, 3.05) is 18.0 Å². The summed E-state index contributed by atoms with van der Waals surface area (Å²) in [5.74, 6) is 1.01. The molecule has 0 spiro atoms. The monoisotopic (exact) mass is 221 g/mol. The Morgan fingerprint density at radius 1 is 1.38 bits per heavy atom. The first-order valence-corrected chi connectivity index (χ1v) is 5.74. The number of ether oxygens (including phenoxy) is 1. The molecular formula is C12H19N3O.